The summed E-state index contributed by atoms with van der Waals surface area (Å²) in [6.45, 7) is 6.34. The number of aryl methyl sites for hydroxylation is 3. The van der Waals surface area contributed by atoms with Crippen LogP contribution in [0.15, 0.2) is 152 Å². The third-order valence-electron chi connectivity index (χ3n) is 10.0. The topological polar surface area (TPSA) is 83.1 Å². The predicted molar refractivity (Wildman–Crippen MR) is 213 cm³/mol. The smallest absolute Gasteiger partial charge is 0.288 e. The second-order valence-electron chi connectivity index (χ2n) is 13.5. The zero-order chi connectivity index (χ0) is 36.3. The second kappa shape index (κ2) is 12.5. The van der Waals surface area contributed by atoms with Crippen LogP contribution in [-0.4, -0.2) is 38.7 Å². The van der Waals surface area contributed by atoms with E-state index in [1.807, 2.05) is 71.4 Å². The van der Waals surface area contributed by atoms with Crippen molar-refractivity contribution >= 4 is 33.0 Å². The minimum atomic E-state index is 0.423. The minimum Gasteiger partial charge on any atom is -0.288 e. The molecule has 0 aliphatic heterocycles. The lowest BCUT2D eigenvalue weighted by Gasteiger charge is -2.13. The van der Waals surface area contributed by atoms with Crippen molar-refractivity contribution < 1.29 is 4.68 Å². The average Bonchev–Trinajstić information content (AvgIpc) is 3.91. The van der Waals surface area contributed by atoms with E-state index in [4.69, 9.17) is 24.9 Å². The van der Waals surface area contributed by atoms with E-state index in [1.165, 1.54) is 0 Å². The van der Waals surface area contributed by atoms with Gasteiger partial charge in [-0.2, -0.15) is 9.67 Å². The van der Waals surface area contributed by atoms with Gasteiger partial charge in [0.2, 0.25) is 11.6 Å². The number of fused-ring (bicyclic) bond motifs is 3. The van der Waals surface area contributed by atoms with Gasteiger partial charge in [-0.3, -0.25) is 9.13 Å². The summed E-state index contributed by atoms with van der Waals surface area (Å²) < 4.78 is 8.49. The molecule has 10 aromatic rings. The van der Waals surface area contributed by atoms with Crippen LogP contribution in [0.4, 0.5) is 0 Å². The molecule has 0 atom stereocenters. The Morgan fingerprint density at radius 1 is 0.407 bits per heavy atom. The molecule has 0 saturated carbocycles. The van der Waals surface area contributed by atoms with Crippen LogP contribution < -0.4 is 4.68 Å². The van der Waals surface area contributed by atoms with E-state index in [2.05, 4.69) is 120 Å². The zero-order valence-corrected chi connectivity index (χ0v) is 30.0. The molecule has 0 amide bonds. The molecule has 0 bridgehead atoms. The number of para-hydroxylation sites is 8. The highest BCUT2D eigenvalue weighted by Gasteiger charge is 2.31. The fourth-order valence-corrected chi connectivity index (χ4v) is 7.42. The maximum atomic E-state index is 5.30. The quantitative estimate of drug-likeness (QED) is 0.162. The second-order valence-corrected chi connectivity index (χ2v) is 13.5. The minimum absolute atomic E-state index is 0.423. The Morgan fingerprint density at radius 3 is 1.35 bits per heavy atom. The molecule has 6 aromatic carbocycles. The molecule has 9 nitrogen and oxygen atoms in total. The van der Waals surface area contributed by atoms with Crippen LogP contribution >= 0.6 is 0 Å². The highest BCUT2D eigenvalue weighted by atomic mass is 15.5. The van der Waals surface area contributed by atoms with Crippen LogP contribution in [0.5, 0.6) is 0 Å². The Labute approximate surface area is 311 Å². The van der Waals surface area contributed by atoms with Gasteiger partial charge in [0.1, 0.15) is 6.20 Å². The summed E-state index contributed by atoms with van der Waals surface area (Å²) in [6, 6.07) is 49.6. The molecule has 54 heavy (non-hydrogen) atoms. The molecular weight excluding hydrogens is 667 g/mol. The first-order valence-electron chi connectivity index (χ1n) is 18.0. The summed E-state index contributed by atoms with van der Waals surface area (Å²) in [5.41, 5.74) is 11.0. The standard InChI is InChI=1S/C45H34N9/c1-29-16-4-10-22-35(29)52-39-26-14-8-20-33(39)46-43(52)41-48-42(44-47-34-21-9-15-27-40(34)53(44)36-23-11-5-17-30(36)2)50-45(49-41)51-28-32-19-7-13-25-38(32)54(51)37-24-12-6-18-31(37)3/h4-28H,1-3H3/q+1. The molecule has 0 spiro atoms. The van der Waals surface area contributed by atoms with Crippen LogP contribution in [0.25, 0.3) is 79.3 Å². The van der Waals surface area contributed by atoms with Gasteiger partial charge in [-0.25, -0.2) is 9.97 Å². The molecule has 0 unspecified atom stereocenters. The molecule has 4 heterocycles. The maximum Gasteiger partial charge on any atom is 0.460 e. The van der Waals surface area contributed by atoms with Gasteiger partial charge >= 0.3 is 5.95 Å². The number of aromatic nitrogens is 9. The van der Waals surface area contributed by atoms with Crippen LogP contribution in [-0.2, 0) is 0 Å². The van der Waals surface area contributed by atoms with Crippen molar-refractivity contribution in [3.05, 3.63) is 168 Å². The summed E-state index contributed by atoms with van der Waals surface area (Å²) in [5.74, 6) is 2.49. The third-order valence-corrected chi connectivity index (χ3v) is 10.0. The van der Waals surface area contributed by atoms with Gasteiger partial charge in [0, 0.05) is 5.39 Å². The van der Waals surface area contributed by atoms with Gasteiger partial charge in [0.15, 0.2) is 0 Å². The highest BCUT2D eigenvalue weighted by Crippen LogP contribution is 2.32. The first kappa shape index (κ1) is 31.5. The van der Waals surface area contributed by atoms with Gasteiger partial charge in [-0.1, -0.05) is 91.0 Å². The Morgan fingerprint density at radius 2 is 0.833 bits per heavy atom. The van der Waals surface area contributed by atoms with E-state index in [9.17, 15) is 0 Å². The van der Waals surface area contributed by atoms with Crippen molar-refractivity contribution in [3.8, 4) is 46.3 Å². The molecule has 258 valence electrons. The molecule has 0 aliphatic rings. The van der Waals surface area contributed by atoms with Crippen molar-refractivity contribution in [3.63, 3.8) is 0 Å². The molecule has 0 aliphatic carbocycles. The largest absolute Gasteiger partial charge is 0.460 e. The van der Waals surface area contributed by atoms with Crippen molar-refractivity contribution in [1.29, 1.82) is 0 Å². The number of benzene rings is 6. The molecule has 9 heteroatoms. The Balaban J connectivity index is 1.33. The third kappa shape index (κ3) is 5.01. The van der Waals surface area contributed by atoms with Crippen LogP contribution in [0.3, 0.4) is 0 Å². The van der Waals surface area contributed by atoms with Gasteiger partial charge in [0.25, 0.3) is 11.6 Å². The molecule has 4 aromatic heterocycles. The fourth-order valence-electron chi connectivity index (χ4n) is 7.42. The highest BCUT2D eigenvalue weighted by molar-refractivity contribution is 5.85. The number of imidazole rings is 2. The number of nitrogens with zero attached hydrogens (tertiary/aromatic N) is 9. The molecule has 0 radical (unpaired) electrons. The number of rotatable bonds is 6. The summed E-state index contributed by atoms with van der Waals surface area (Å²) in [6.07, 6.45) is 2.08. The van der Waals surface area contributed by atoms with Crippen molar-refractivity contribution in [2.24, 2.45) is 0 Å². The fraction of sp³-hybridized carbons (Fsp3) is 0.0667. The summed E-state index contributed by atoms with van der Waals surface area (Å²) in [5, 5.41) is 1.04. The lowest BCUT2D eigenvalue weighted by Crippen LogP contribution is -2.42. The molecule has 0 saturated heterocycles. The van der Waals surface area contributed by atoms with Crippen molar-refractivity contribution in [2.45, 2.75) is 20.8 Å². The lowest BCUT2D eigenvalue weighted by atomic mass is 10.2. The Bertz CT molecular complexity index is 2720. The zero-order valence-electron chi connectivity index (χ0n) is 30.0. The molecule has 0 fully saturated rings. The maximum absolute atomic E-state index is 5.30. The molecule has 10 rings (SSSR count). The summed E-state index contributed by atoms with van der Waals surface area (Å²) in [4.78, 5) is 26.3. The van der Waals surface area contributed by atoms with Crippen molar-refractivity contribution in [2.75, 3.05) is 0 Å². The van der Waals surface area contributed by atoms with E-state index in [0.717, 1.165) is 66.7 Å². The first-order chi connectivity index (χ1) is 26.5. The van der Waals surface area contributed by atoms with E-state index >= 15 is 0 Å². The van der Waals surface area contributed by atoms with Crippen LogP contribution in [0, 0.1) is 20.8 Å². The lowest BCUT2D eigenvalue weighted by molar-refractivity contribution is -0.678. The normalized spacial score (nSPS) is 11.6. The van der Waals surface area contributed by atoms with Gasteiger partial charge in [0.05, 0.1) is 44.6 Å². The van der Waals surface area contributed by atoms with E-state index in [0.29, 0.717) is 29.2 Å². The van der Waals surface area contributed by atoms with Crippen LogP contribution in [0.2, 0.25) is 0 Å². The summed E-state index contributed by atoms with van der Waals surface area (Å²) in [7, 11) is 0. The number of hydrogen-bond acceptors (Lipinski definition) is 5. The summed E-state index contributed by atoms with van der Waals surface area (Å²) >= 11 is 0. The number of hydrogen-bond donors (Lipinski definition) is 0. The average molecular weight is 701 g/mol. The Hall–Kier alpha value is -7.26. The monoisotopic (exact) mass is 700 g/mol. The van der Waals surface area contributed by atoms with E-state index < -0.39 is 0 Å². The Kier molecular flexibility index (Phi) is 7.26. The van der Waals surface area contributed by atoms with Gasteiger partial charge < -0.3 is 0 Å². The van der Waals surface area contributed by atoms with Gasteiger partial charge in [-0.05, 0) is 102 Å². The van der Waals surface area contributed by atoms with E-state index in [-0.39, 0.29) is 0 Å². The molecular formula is C45H34N9+. The first-order valence-corrected chi connectivity index (χ1v) is 18.0. The SMILES string of the molecule is Cc1ccccc1-n1c(-c2nc(-c3nc4ccccc4n3-c3ccccc3C)nc(-[n+]3cc4ccccc4n3-c3ccccc3C)n2)nc2ccccc21. The van der Waals surface area contributed by atoms with E-state index in [1.54, 1.807) is 0 Å². The van der Waals surface area contributed by atoms with Crippen LogP contribution in [0.1, 0.15) is 16.7 Å². The van der Waals surface area contributed by atoms with Crippen molar-refractivity contribution in [1.82, 2.24) is 38.7 Å². The molecule has 0 N–H and O–H groups in total. The van der Waals surface area contributed by atoms with Gasteiger partial charge in [-0.15, -0.1) is 4.68 Å². The predicted octanol–water partition coefficient (Wildman–Crippen LogP) is 9.03.